The number of nitrogens with zero attached hydrogens (tertiary/aromatic N) is 1. The third-order valence-electron chi connectivity index (χ3n) is 3.70. The van der Waals surface area contributed by atoms with Gasteiger partial charge < -0.3 is 5.32 Å². The lowest BCUT2D eigenvalue weighted by Gasteiger charge is -2.26. The molecule has 2 aromatic carbocycles. The average Bonchev–Trinajstić information content (AvgIpc) is 2.47. The molecule has 0 spiro atoms. The second kappa shape index (κ2) is 5.95. The van der Waals surface area contributed by atoms with E-state index in [2.05, 4.69) is 31.3 Å². The molecule has 0 saturated carbocycles. The maximum Gasteiger partial charge on any atom is 0.274 e. The summed E-state index contributed by atoms with van der Waals surface area (Å²) in [6, 6.07) is 15.5. The number of rotatable bonds is 5. The third kappa shape index (κ3) is 3.60. The van der Waals surface area contributed by atoms with E-state index in [0.717, 1.165) is 5.69 Å². The summed E-state index contributed by atoms with van der Waals surface area (Å²) in [5, 5.41) is 14.3. The third-order valence-corrected chi connectivity index (χ3v) is 3.70. The molecule has 21 heavy (non-hydrogen) atoms. The highest BCUT2D eigenvalue weighted by atomic mass is 16.6. The molecule has 4 heteroatoms. The van der Waals surface area contributed by atoms with E-state index >= 15 is 0 Å². The van der Waals surface area contributed by atoms with Crippen molar-refractivity contribution in [2.24, 2.45) is 0 Å². The minimum atomic E-state index is -0.344. The summed E-state index contributed by atoms with van der Waals surface area (Å²) < 4.78 is 0. The molecule has 0 aliphatic carbocycles. The van der Waals surface area contributed by atoms with E-state index in [9.17, 15) is 10.1 Å². The van der Waals surface area contributed by atoms with Gasteiger partial charge in [-0.1, -0.05) is 50.2 Å². The molecule has 0 bridgehead atoms. The molecule has 2 rings (SSSR count). The fraction of sp³-hybridized carbons (Fsp3) is 0.294. The van der Waals surface area contributed by atoms with E-state index in [0.29, 0.717) is 12.1 Å². The highest BCUT2D eigenvalue weighted by Crippen LogP contribution is 2.26. The number of anilines is 1. The Labute approximate surface area is 125 Å². The average molecular weight is 284 g/mol. The summed E-state index contributed by atoms with van der Waals surface area (Å²) in [5.41, 5.74) is 2.78. The number of benzene rings is 2. The maximum atomic E-state index is 11.0. The van der Waals surface area contributed by atoms with E-state index in [1.807, 2.05) is 24.3 Å². The molecule has 0 atom stereocenters. The van der Waals surface area contributed by atoms with Gasteiger partial charge in [0, 0.05) is 29.3 Å². The molecule has 0 saturated heterocycles. The molecule has 4 nitrogen and oxygen atoms in total. The van der Waals surface area contributed by atoms with Crippen molar-refractivity contribution in [1.82, 2.24) is 0 Å². The zero-order valence-corrected chi connectivity index (χ0v) is 12.6. The molecular formula is C17H20N2O2. The zero-order chi connectivity index (χ0) is 15.5. The maximum absolute atomic E-state index is 11.0. The van der Waals surface area contributed by atoms with Crippen molar-refractivity contribution in [3.8, 4) is 0 Å². The summed E-state index contributed by atoms with van der Waals surface area (Å²) >= 11 is 0. The van der Waals surface area contributed by atoms with Crippen molar-refractivity contribution in [1.29, 1.82) is 0 Å². The lowest BCUT2D eigenvalue weighted by molar-refractivity contribution is -0.385. The molecule has 0 heterocycles. The second-order valence-electron chi connectivity index (χ2n) is 5.86. The molecular weight excluding hydrogens is 264 g/mol. The molecule has 0 amide bonds. The van der Waals surface area contributed by atoms with E-state index in [-0.39, 0.29) is 16.0 Å². The predicted octanol–water partition coefficient (Wildman–Crippen LogP) is 4.29. The summed E-state index contributed by atoms with van der Waals surface area (Å²) in [4.78, 5) is 10.6. The zero-order valence-electron chi connectivity index (χ0n) is 12.6. The van der Waals surface area contributed by atoms with Gasteiger partial charge in [-0.2, -0.15) is 0 Å². The molecule has 2 aromatic rings. The number of hydrogen-bond acceptors (Lipinski definition) is 3. The Bertz CT molecular complexity index is 636. The van der Waals surface area contributed by atoms with Crippen molar-refractivity contribution < 1.29 is 4.92 Å². The van der Waals surface area contributed by atoms with Gasteiger partial charge in [-0.15, -0.1) is 0 Å². The summed E-state index contributed by atoms with van der Waals surface area (Å²) in [6.07, 6.45) is 0. The first-order valence-corrected chi connectivity index (χ1v) is 6.94. The van der Waals surface area contributed by atoms with Crippen molar-refractivity contribution in [2.75, 3.05) is 11.9 Å². The van der Waals surface area contributed by atoms with Crippen LogP contribution in [0.5, 0.6) is 0 Å². The van der Waals surface area contributed by atoms with Gasteiger partial charge in [-0.05, 0) is 18.6 Å². The van der Waals surface area contributed by atoms with Gasteiger partial charge in [0.2, 0.25) is 0 Å². The van der Waals surface area contributed by atoms with Gasteiger partial charge in [-0.25, -0.2) is 0 Å². The Morgan fingerprint density at radius 1 is 1.14 bits per heavy atom. The minimum absolute atomic E-state index is 0.0546. The van der Waals surface area contributed by atoms with Gasteiger partial charge in [0.1, 0.15) is 0 Å². The van der Waals surface area contributed by atoms with E-state index in [4.69, 9.17) is 0 Å². The van der Waals surface area contributed by atoms with Crippen molar-refractivity contribution in [3.05, 3.63) is 69.8 Å². The quantitative estimate of drug-likeness (QED) is 0.658. The monoisotopic (exact) mass is 284 g/mol. The number of nitrogens with one attached hydrogen (secondary N) is 1. The van der Waals surface area contributed by atoms with Crippen LogP contribution in [-0.4, -0.2) is 11.5 Å². The van der Waals surface area contributed by atoms with Crippen LogP contribution in [-0.2, 0) is 5.41 Å². The normalized spacial score (nSPS) is 11.2. The Hall–Kier alpha value is -2.36. The molecule has 110 valence electrons. The number of nitro groups is 1. The van der Waals surface area contributed by atoms with Crippen LogP contribution >= 0.6 is 0 Å². The highest BCUT2D eigenvalue weighted by Gasteiger charge is 2.20. The summed E-state index contributed by atoms with van der Waals surface area (Å²) in [7, 11) is 0. The second-order valence-corrected chi connectivity index (χ2v) is 5.86. The van der Waals surface area contributed by atoms with Crippen LogP contribution in [0.4, 0.5) is 11.4 Å². The first-order chi connectivity index (χ1) is 9.90. The molecule has 0 aliphatic rings. The van der Waals surface area contributed by atoms with Crippen LogP contribution in [0.2, 0.25) is 0 Å². The minimum Gasteiger partial charge on any atom is -0.384 e. The summed E-state index contributed by atoms with van der Waals surface area (Å²) in [5.74, 6) is 0. The van der Waals surface area contributed by atoms with Crippen LogP contribution in [0.15, 0.2) is 48.5 Å². The van der Waals surface area contributed by atoms with Crippen molar-refractivity contribution in [3.63, 3.8) is 0 Å². The van der Waals surface area contributed by atoms with E-state index in [1.54, 1.807) is 19.1 Å². The summed E-state index contributed by atoms with van der Waals surface area (Å²) in [6.45, 7) is 6.75. The first-order valence-electron chi connectivity index (χ1n) is 6.94. The Morgan fingerprint density at radius 3 is 2.43 bits per heavy atom. The van der Waals surface area contributed by atoms with E-state index < -0.39 is 0 Å². The van der Waals surface area contributed by atoms with Crippen LogP contribution in [0.25, 0.3) is 0 Å². The van der Waals surface area contributed by atoms with Gasteiger partial charge in [-0.3, -0.25) is 10.1 Å². The fourth-order valence-corrected chi connectivity index (χ4v) is 2.23. The Morgan fingerprint density at radius 2 is 1.81 bits per heavy atom. The van der Waals surface area contributed by atoms with Crippen LogP contribution in [0.1, 0.15) is 25.0 Å². The van der Waals surface area contributed by atoms with Crippen molar-refractivity contribution >= 4 is 11.4 Å². The lowest BCUT2D eigenvalue weighted by atomic mass is 9.84. The topological polar surface area (TPSA) is 55.2 Å². The SMILES string of the molecule is Cc1ccc(NCC(C)(C)c2ccccc2)cc1[N+](=O)[O-]. The molecule has 0 aromatic heterocycles. The van der Waals surface area contributed by atoms with E-state index in [1.165, 1.54) is 5.56 Å². The molecule has 0 radical (unpaired) electrons. The highest BCUT2D eigenvalue weighted by molar-refractivity contribution is 5.55. The largest absolute Gasteiger partial charge is 0.384 e. The predicted molar refractivity (Wildman–Crippen MR) is 85.8 cm³/mol. The standard InChI is InChI=1S/C17H20N2O2/c1-13-9-10-15(11-16(13)19(20)21)18-12-17(2,3)14-7-5-4-6-8-14/h4-11,18H,12H2,1-3H3. The van der Waals surface area contributed by atoms with Crippen LogP contribution in [0, 0.1) is 17.0 Å². The number of aryl methyl sites for hydroxylation is 1. The van der Waals surface area contributed by atoms with Crippen molar-refractivity contribution in [2.45, 2.75) is 26.2 Å². The van der Waals surface area contributed by atoms with Crippen LogP contribution < -0.4 is 5.32 Å². The Balaban J connectivity index is 2.13. The fourth-order valence-electron chi connectivity index (χ4n) is 2.23. The lowest BCUT2D eigenvalue weighted by Crippen LogP contribution is -2.27. The van der Waals surface area contributed by atoms with Gasteiger partial charge in [0.05, 0.1) is 4.92 Å². The van der Waals surface area contributed by atoms with Gasteiger partial charge in [0.25, 0.3) is 5.69 Å². The molecule has 0 aliphatic heterocycles. The first kappa shape index (κ1) is 15.0. The molecule has 0 fully saturated rings. The number of hydrogen-bond donors (Lipinski definition) is 1. The smallest absolute Gasteiger partial charge is 0.274 e. The molecule has 0 unspecified atom stereocenters. The Kier molecular flexibility index (Phi) is 4.26. The van der Waals surface area contributed by atoms with Gasteiger partial charge >= 0.3 is 0 Å². The molecule has 1 N–H and O–H groups in total. The number of nitro benzene ring substituents is 1. The van der Waals surface area contributed by atoms with Crippen LogP contribution in [0.3, 0.4) is 0 Å². The van der Waals surface area contributed by atoms with Gasteiger partial charge in [0.15, 0.2) is 0 Å².